The number of hydrogen-bond acceptors (Lipinski definition) is 1. The number of hydrogen-bond donors (Lipinski definition) is 1. The molecule has 18 heavy (non-hydrogen) atoms. The van der Waals surface area contributed by atoms with E-state index < -0.39 is 6.09 Å². The summed E-state index contributed by atoms with van der Waals surface area (Å²) in [4.78, 5) is 12.4. The smallest absolute Gasteiger partial charge is 0.407 e. The maximum atomic E-state index is 10.9. The van der Waals surface area contributed by atoms with Crippen LogP contribution >= 0.6 is 15.9 Å². The summed E-state index contributed by atoms with van der Waals surface area (Å²) in [5.74, 6) is 0. The van der Waals surface area contributed by atoms with Crippen molar-refractivity contribution in [2.45, 2.75) is 12.5 Å². The van der Waals surface area contributed by atoms with Gasteiger partial charge in [0.25, 0.3) is 0 Å². The van der Waals surface area contributed by atoms with Gasteiger partial charge in [0.15, 0.2) is 0 Å². The Kier molecular flexibility index (Phi) is 2.78. The van der Waals surface area contributed by atoms with Crippen LogP contribution in [0.1, 0.15) is 12.5 Å². The van der Waals surface area contributed by atoms with Crippen LogP contribution in [0.4, 0.5) is 4.79 Å². The molecule has 1 saturated heterocycles. The van der Waals surface area contributed by atoms with E-state index in [1.54, 1.807) is 0 Å². The molecule has 1 N–H and O–H groups in total. The minimum absolute atomic E-state index is 0.243. The van der Waals surface area contributed by atoms with E-state index in [1.807, 2.05) is 18.3 Å². The summed E-state index contributed by atoms with van der Waals surface area (Å²) >= 11 is 3.54. The molecule has 0 spiro atoms. The lowest BCUT2D eigenvalue weighted by atomic mass is 10.2. The van der Waals surface area contributed by atoms with Crippen LogP contribution in [0.3, 0.4) is 0 Å². The molecule has 0 bridgehead atoms. The van der Waals surface area contributed by atoms with Crippen molar-refractivity contribution in [3.05, 3.63) is 34.9 Å². The first kappa shape index (κ1) is 11.6. The summed E-state index contributed by atoms with van der Waals surface area (Å²) in [6.45, 7) is 1.19. The van der Waals surface area contributed by atoms with Gasteiger partial charge in [-0.2, -0.15) is 0 Å². The molecule has 5 heteroatoms. The van der Waals surface area contributed by atoms with Crippen molar-refractivity contribution in [2.75, 3.05) is 13.1 Å². The zero-order valence-electron chi connectivity index (χ0n) is 9.71. The van der Waals surface area contributed by atoms with Crippen molar-refractivity contribution in [3.8, 4) is 0 Å². The number of likely N-dealkylation sites (tertiary alicyclic amines) is 1. The van der Waals surface area contributed by atoms with Crippen molar-refractivity contribution >= 4 is 32.9 Å². The molecule has 0 aliphatic carbocycles. The van der Waals surface area contributed by atoms with Crippen LogP contribution < -0.4 is 0 Å². The molecule has 1 aliphatic rings. The molecule has 94 valence electrons. The van der Waals surface area contributed by atoms with Crippen LogP contribution in [-0.4, -0.2) is 33.8 Å². The van der Waals surface area contributed by atoms with Crippen LogP contribution in [0.2, 0.25) is 0 Å². The SMILES string of the molecule is O=C(O)N1CCC(n2ccc3c(Br)cccc32)C1. The van der Waals surface area contributed by atoms with Crippen LogP contribution in [0.5, 0.6) is 0 Å². The molecule has 0 radical (unpaired) electrons. The standard InChI is InChI=1S/C13H13BrN2O2/c14-11-2-1-3-12-10(11)5-7-16(12)9-4-6-15(8-9)13(17)18/h1-3,5,7,9H,4,6,8H2,(H,17,18). The Bertz CT molecular complexity index is 608. The van der Waals surface area contributed by atoms with Gasteiger partial charge < -0.3 is 14.6 Å². The van der Waals surface area contributed by atoms with E-state index in [1.165, 1.54) is 10.3 Å². The van der Waals surface area contributed by atoms with E-state index in [-0.39, 0.29) is 6.04 Å². The minimum Gasteiger partial charge on any atom is -0.465 e. The summed E-state index contributed by atoms with van der Waals surface area (Å²) in [6, 6.07) is 8.41. The lowest BCUT2D eigenvalue weighted by Crippen LogP contribution is -2.27. The zero-order chi connectivity index (χ0) is 12.7. The van der Waals surface area contributed by atoms with Gasteiger partial charge in [-0.1, -0.05) is 22.0 Å². The highest BCUT2D eigenvalue weighted by molar-refractivity contribution is 9.10. The number of carbonyl (C=O) groups is 1. The molecule has 1 atom stereocenters. The van der Waals surface area contributed by atoms with Crippen molar-refractivity contribution in [3.63, 3.8) is 0 Å². The Morgan fingerprint density at radius 3 is 2.94 bits per heavy atom. The van der Waals surface area contributed by atoms with E-state index in [4.69, 9.17) is 5.11 Å². The van der Waals surface area contributed by atoms with Gasteiger partial charge in [0.1, 0.15) is 0 Å². The highest BCUT2D eigenvalue weighted by atomic mass is 79.9. The summed E-state index contributed by atoms with van der Waals surface area (Å²) in [7, 11) is 0. The lowest BCUT2D eigenvalue weighted by molar-refractivity contribution is 0.154. The van der Waals surface area contributed by atoms with E-state index in [0.717, 1.165) is 16.4 Å². The molecule has 2 heterocycles. The molecule has 2 aromatic rings. The molecule has 4 nitrogen and oxygen atoms in total. The molecule has 1 unspecified atom stereocenters. The van der Waals surface area contributed by atoms with Gasteiger partial charge in [-0.15, -0.1) is 0 Å². The molecule has 1 amide bonds. The molecular weight excluding hydrogens is 296 g/mol. The largest absolute Gasteiger partial charge is 0.465 e. The number of benzene rings is 1. The highest BCUT2D eigenvalue weighted by Crippen LogP contribution is 2.30. The normalized spacial score (nSPS) is 19.6. The van der Waals surface area contributed by atoms with E-state index in [9.17, 15) is 4.79 Å². The average Bonchev–Trinajstić information content (AvgIpc) is 2.94. The molecule has 3 rings (SSSR count). The van der Waals surface area contributed by atoms with Gasteiger partial charge in [0.2, 0.25) is 0 Å². The number of rotatable bonds is 1. The van der Waals surface area contributed by atoms with Crippen molar-refractivity contribution in [1.82, 2.24) is 9.47 Å². The number of halogens is 1. The lowest BCUT2D eigenvalue weighted by Gasteiger charge is -2.15. The monoisotopic (exact) mass is 308 g/mol. The van der Waals surface area contributed by atoms with Crippen LogP contribution in [0, 0.1) is 0 Å². The quantitative estimate of drug-likeness (QED) is 0.878. The Hall–Kier alpha value is -1.49. The Morgan fingerprint density at radius 1 is 1.39 bits per heavy atom. The number of fused-ring (bicyclic) bond motifs is 1. The summed E-state index contributed by atoms with van der Waals surface area (Å²) in [5.41, 5.74) is 1.15. The predicted octanol–water partition coefficient (Wildman–Crippen LogP) is 3.33. The Balaban J connectivity index is 1.96. The zero-order valence-corrected chi connectivity index (χ0v) is 11.3. The fourth-order valence-electron chi connectivity index (χ4n) is 2.61. The van der Waals surface area contributed by atoms with Crippen LogP contribution in [0.25, 0.3) is 10.9 Å². The van der Waals surface area contributed by atoms with Crippen molar-refractivity contribution < 1.29 is 9.90 Å². The summed E-state index contributed by atoms with van der Waals surface area (Å²) < 4.78 is 3.26. The first-order valence-corrected chi connectivity index (χ1v) is 6.69. The first-order chi connectivity index (χ1) is 8.66. The Labute approximate surface area is 113 Å². The highest BCUT2D eigenvalue weighted by Gasteiger charge is 2.27. The molecular formula is C13H13BrN2O2. The minimum atomic E-state index is -0.824. The summed E-state index contributed by atoms with van der Waals surface area (Å²) in [5, 5.41) is 10.2. The molecule has 0 saturated carbocycles. The number of amides is 1. The maximum Gasteiger partial charge on any atom is 0.407 e. The molecule has 1 fully saturated rings. The topological polar surface area (TPSA) is 45.5 Å². The third-order valence-corrected chi connectivity index (χ3v) is 4.23. The third-order valence-electron chi connectivity index (χ3n) is 3.54. The summed E-state index contributed by atoms with van der Waals surface area (Å²) in [6.07, 6.45) is 2.10. The van der Waals surface area contributed by atoms with Gasteiger partial charge in [-0.25, -0.2) is 4.79 Å². The number of aromatic nitrogens is 1. The Morgan fingerprint density at radius 2 is 2.22 bits per heavy atom. The number of nitrogens with zero attached hydrogens (tertiary/aromatic N) is 2. The fourth-order valence-corrected chi connectivity index (χ4v) is 3.10. The second kappa shape index (κ2) is 4.31. The molecule has 1 aliphatic heterocycles. The van der Waals surface area contributed by atoms with Gasteiger partial charge in [-0.3, -0.25) is 0 Å². The fraction of sp³-hybridized carbons (Fsp3) is 0.308. The van der Waals surface area contributed by atoms with E-state index in [0.29, 0.717) is 13.1 Å². The van der Waals surface area contributed by atoms with Gasteiger partial charge >= 0.3 is 6.09 Å². The van der Waals surface area contributed by atoms with Crippen molar-refractivity contribution in [2.24, 2.45) is 0 Å². The van der Waals surface area contributed by atoms with Gasteiger partial charge in [0, 0.05) is 34.7 Å². The van der Waals surface area contributed by atoms with Crippen LogP contribution in [0.15, 0.2) is 34.9 Å². The second-order valence-electron chi connectivity index (χ2n) is 4.57. The van der Waals surface area contributed by atoms with E-state index >= 15 is 0 Å². The molecule has 1 aromatic carbocycles. The van der Waals surface area contributed by atoms with Gasteiger partial charge in [0.05, 0.1) is 6.04 Å². The molecule has 1 aromatic heterocycles. The number of carboxylic acid groups (broad SMARTS) is 1. The second-order valence-corrected chi connectivity index (χ2v) is 5.42. The third kappa shape index (κ3) is 1.79. The van der Waals surface area contributed by atoms with E-state index in [2.05, 4.69) is 32.6 Å². The first-order valence-electron chi connectivity index (χ1n) is 5.90. The average molecular weight is 309 g/mol. The van der Waals surface area contributed by atoms with Crippen molar-refractivity contribution in [1.29, 1.82) is 0 Å². The van der Waals surface area contributed by atoms with Gasteiger partial charge in [-0.05, 0) is 24.6 Å². The maximum absolute atomic E-state index is 10.9. The predicted molar refractivity (Wildman–Crippen MR) is 72.9 cm³/mol. The van der Waals surface area contributed by atoms with Crippen LogP contribution in [-0.2, 0) is 0 Å².